The largest absolute Gasteiger partial charge is 0.331 e. The number of carbonyl (C=O) groups excluding carboxylic acids is 1. The average molecular weight is 289 g/mol. The van der Waals surface area contributed by atoms with Crippen LogP contribution >= 0.6 is 11.6 Å². The van der Waals surface area contributed by atoms with Gasteiger partial charge >= 0.3 is 0 Å². The first-order valence-electron chi connectivity index (χ1n) is 6.71. The predicted molar refractivity (Wildman–Crippen MR) is 82.5 cm³/mol. The Morgan fingerprint density at radius 1 is 1.05 bits per heavy atom. The van der Waals surface area contributed by atoms with Crippen molar-refractivity contribution >= 4 is 17.4 Å². The van der Waals surface area contributed by atoms with Gasteiger partial charge in [-0.2, -0.15) is 0 Å². The van der Waals surface area contributed by atoms with Gasteiger partial charge in [-0.15, -0.1) is 0 Å². The molecule has 0 heterocycles. The number of hydrogen-bond acceptors (Lipinski definition) is 1. The molecule has 0 amide bonds. The van der Waals surface area contributed by atoms with Crippen LogP contribution in [-0.4, -0.2) is 25.9 Å². The van der Waals surface area contributed by atoms with E-state index in [1.54, 1.807) is 24.3 Å². The van der Waals surface area contributed by atoms with Crippen molar-refractivity contribution in [3.63, 3.8) is 0 Å². The number of hydrogen-bond donors (Lipinski definition) is 1. The molecule has 20 heavy (non-hydrogen) atoms. The molecule has 0 aliphatic carbocycles. The standard InChI is InChI=1S/C17H18ClNO/c1-19(2)16(12-13-6-4-3-5-7-13)17(20)14-8-10-15(18)11-9-14/h3-11,16H,12H2,1-2H3/p+1/t16-/m0/s1. The van der Waals surface area contributed by atoms with Crippen molar-refractivity contribution < 1.29 is 9.69 Å². The summed E-state index contributed by atoms with van der Waals surface area (Å²) in [7, 11) is 4.03. The Labute approximate surface area is 125 Å². The molecule has 2 rings (SSSR count). The Hall–Kier alpha value is -1.64. The lowest BCUT2D eigenvalue weighted by Gasteiger charge is -2.20. The molecule has 1 atom stereocenters. The molecule has 0 saturated heterocycles. The molecular formula is C17H19ClNO+. The third-order valence-corrected chi connectivity index (χ3v) is 3.68. The highest BCUT2D eigenvalue weighted by Gasteiger charge is 2.25. The number of Topliss-reactive ketones (excluding diaryl/α,β-unsaturated/α-hetero) is 1. The molecule has 2 aromatic carbocycles. The molecule has 0 spiro atoms. The summed E-state index contributed by atoms with van der Waals surface area (Å²) in [4.78, 5) is 13.8. The molecule has 0 aromatic heterocycles. The molecule has 0 saturated carbocycles. The van der Waals surface area contributed by atoms with E-state index in [2.05, 4.69) is 12.1 Å². The van der Waals surface area contributed by atoms with Crippen LogP contribution in [0.15, 0.2) is 54.6 Å². The van der Waals surface area contributed by atoms with Crippen molar-refractivity contribution in [1.29, 1.82) is 0 Å². The quantitative estimate of drug-likeness (QED) is 0.838. The lowest BCUT2D eigenvalue weighted by molar-refractivity contribution is -0.874. The summed E-state index contributed by atoms with van der Waals surface area (Å²) in [6, 6.07) is 17.2. The highest BCUT2D eigenvalue weighted by molar-refractivity contribution is 6.30. The summed E-state index contributed by atoms with van der Waals surface area (Å²) in [5, 5.41) is 0.651. The highest BCUT2D eigenvalue weighted by atomic mass is 35.5. The van der Waals surface area contributed by atoms with E-state index in [0.29, 0.717) is 5.02 Å². The van der Waals surface area contributed by atoms with E-state index in [0.717, 1.165) is 16.9 Å². The fourth-order valence-electron chi connectivity index (χ4n) is 2.22. The fourth-order valence-corrected chi connectivity index (χ4v) is 2.35. The molecular weight excluding hydrogens is 270 g/mol. The number of rotatable bonds is 5. The van der Waals surface area contributed by atoms with Crippen LogP contribution in [0.2, 0.25) is 5.02 Å². The Balaban J connectivity index is 2.20. The summed E-state index contributed by atoms with van der Waals surface area (Å²) in [5.74, 6) is 0.158. The number of quaternary nitrogens is 1. The van der Waals surface area contributed by atoms with Crippen molar-refractivity contribution in [2.24, 2.45) is 0 Å². The van der Waals surface area contributed by atoms with Crippen LogP contribution in [0.4, 0.5) is 0 Å². The molecule has 0 bridgehead atoms. The summed E-state index contributed by atoms with van der Waals surface area (Å²) in [6.07, 6.45) is 0.741. The maximum atomic E-state index is 12.6. The topological polar surface area (TPSA) is 21.5 Å². The van der Waals surface area contributed by atoms with Crippen LogP contribution in [0.1, 0.15) is 15.9 Å². The van der Waals surface area contributed by atoms with E-state index in [1.807, 2.05) is 32.3 Å². The Morgan fingerprint density at radius 2 is 1.65 bits per heavy atom. The molecule has 1 N–H and O–H groups in total. The van der Waals surface area contributed by atoms with E-state index >= 15 is 0 Å². The van der Waals surface area contributed by atoms with Crippen LogP contribution in [0, 0.1) is 0 Å². The first-order chi connectivity index (χ1) is 9.58. The van der Waals surface area contributed by atoms with E-state index in [4.69, 9.17) is 11.6 Å². The van der Waals surface area contributed by atoms with Gasteiger partial charge in [0, 0.05) is 17.0 Å². The van der Waals surface area contributed by atoms with Crippen LogP contribution < -0.4 is 4.90 Å². The van der Waals surface area contributed by atoms with Crippen molar-refractivity contribution in [2.75, 3.05) is 14.1 Å². The Kier molecular flexibility index (Phi) is 4.94. The third-order valence-electron chi connectivity index (χ3n) is 3.42. The van der Waals surface area contributed by atoms with Gasteiger partial charge < -0.3 is 4.90 Å². The minimum absolute atomic E-state index is 0.0847. The molecule has 0 radical (unpaired) electrons. The zero-order chi connectivity index (χ0) is 14.5. The summed E-state index contributed by atoms with van der Waals surface area (Å²) in [5.41, 5.74) is 1.90. The molecule has 3 heteroatoms. The lowest BCUT2D eigenvalue weighted by Crippen LogP contribution is -3.11. The smallest absolute Gasteiger partial charge is 0.220 e. The molecule has 2 aromatic rings. The van der Waals surface area contributed by atoms with E-state index in [1.165, 1.54) is 5.56 Å². The molecule has 2 nitrogen and oxygen atoms in total. The third kappa shape index (κ3) is 3.69. The van der Waals surface area contributed by atoms with Crippen molar-refractivity contribution in [2.45, 2.75) is 12.5 Å². The van der Waals surface area contributed by atoms with E-state index < -0.39 is 0 Å². The fraction of sp³-hybridized carbons (Fsp3) is 0.235. The van der Waals surface area contributed by atoms with Gasteiger partial charge in [0.05, 0.1) is 14.1 Å². The zero-order valence-corrected chi connectivity index (χ0v) is 12.5. The minimum Gasteiger partial charge on any atom is -0.331 e. The van der Waals surface area contributed by atoms with E-state index in [9.17, 15) is 4.79 Å². The number of benzene rings is 2. The average Bonchev–Trinajstić information content (AvgIpc) is 2.45. The second kappa shape index (κ2) is 6.69. The number of ketones is 1. The number of carbonyl (C=O) groups is 1. The van der Waals surface area contributed by atoms with Gasteiger partial charge in [-0.1, -0.05) is 41.9 Å². The van der Waals surface area contributed by atoms with Gasteiger partial charge in [0.25, 0.3) is 0 Å². The SMILES string of the molecule is C[NH+](C)[C@@H](Cc1ccccc1)C(=O)c1ccc(Cl)cc1. The molecule has 0 aliphatic rings. The summed E-state index contributed by atoms with van der Waals surface area (Å²) in [6.45, 7) is 0. The number of halogens is 1. The summed E-state index contributed by atoms with van der Waals surface area (Å²) < 4.78 is 0. The van der Waals surface area contributed by atoms with Gasteiger partial charge in [-0.25, -0.2) is 0 Å². The first kappa shape index (κ1) is 14.8. The molecule has 0 aliphatic heterocycles. The number of nitrogens with one attached hydrogen (secondary N) is 1. The van der Waals surface area contributed by atoms with E-state index in [-0.39, 0.29) is 11.8 Å². The highest BCUT2D eigenvalue weighted by Crippen LogP contribution is 2.12. The Morgan fingerprint density at radius 3 is 2.20 bits per heavy atom. The zero-order valence-electron chi connectivity index (χ0n) is 11.8. The normalized spacial score (nSPS) is 12.4. The first-order valence-corrected chi connectivity index (χ1v) is 7.09. The van der Waals surface area contributed by atoms with Crippen molar-refractivity contribution in [3.8, 4) is 0 Å². The van der Waals surface area contributed by atoms with Crippen molar-refractivity contribution in [1.82, 2.24) is 0 Å². The van der Waals surface area contributed by atoms with Gasteiger partial charge in [0.2, 0.25) is 5.78 Å². The van der Waals surface area contributed by atoms with Gasteiger partial charge in [-0.05, 0) is 29.8 Å². The predicted octanol–water partition coefficient (Wildman–Crippen LogP) is 2.28. The molecule has 104 valence electrons. The molecule has 0 unspecified atom stereocenters. The van der Waals surface area contributed by atoms with Crippen LogP contribution in [0.25, 0.3) is 0 Å². The number of likely N-dealkylation sites (N-methyl/N-ethyl adjacent to an activating group) is 1. The summed E-state index contributed by atoms with van der Waals surface area (Å²) >= 11 is 5.87. The minimum atomic E-state index is -0.0847. The van der Waals surface area contributed by atoms with Crippen LogP contribution in [0.3, 0.4) is 0 Å². The van der Waals surface area contributed by atoms with Crippen molar-refractivity contribution in [3.05, 3.63) is 70.7 Å². The lowest BCUT2D eigenvalue weighted by atomic mass is 9.97. The van der Waals surface area contributed by atoms with Gasteiger partial charge in [0.15, 0.2) is 6.04 Å². The van der Waals surface area contributed by atoms with Crippen LogP contribution in [0.5, 0.6) is 0 Å². The second-order valence-electron chi connectivity index (χ2n) is 5.19. The van der Waals surface area contributed by atoms with Gasteiger partial charge in [0.1, 0.15) is 0 Å². The monoisotopic (exact) mass is 288 g/mol. The molecule has 0 fully saturated rings. The maximum absolute atomic E-state index is 12.6. The van der Waals surface area contributed by atoms with Crippen LogP contribution in [-0.2, 0) is 6.42 Å². The maximum Gasteiger partial charge on any atom is 0.220 e. The van der Waals surface area contributed by atoms with Gasteiger partial charge in [-0.3, -0.25) is 4.79 Å². The Bertz CT molecular complexity index is 563. The second-order valence-corrected chi connectivity index (χ2v) is 5.63.